The van der Waals surface area contributed by atoms with E-state index in [-0.39, 0.29) is 0 Å². The van der Waals surface area contributed by atoms with E-state index in [2.05, 4.69) is 38.9 Å². The number of phenolic OH excluding ortho intramolecular Hbond substituents is 1. The molecule has 0 aliphatic carbocycles. The van der Waals surface area contributed by atoms with Crippen LogP contribution in [-0.2, 0) is 9.59 Å². The van der Waals surface area contributed by atoms with Gasteiger partial charge in [-0.05, 0) is 50.0 Å². The van der Waals surface area contributed by atoms with Gasteiger partial charge in [0.2, 0.25) is 0 Å². The second kappa shape index (κ2) is 11.2. The van der Waals surface area contributed by atoms with Crippen LogP contribution in [0, 0.1) is 5.92 Å². The lowest BCUT2D eigenvalue weighted by atomic mass is 9.85. The second-order valence-corrected chi connectivity index (χ2v) is 5.86. The summed E-state index contributed by atoms with van der Waals surface area (Å²) in [7, 11) is 4.21. The zero-order chi connectivity index (χ0) is 18.7. The summed E-state index contributed by atoms with van der Waals surface area (Å²) in [4.78, 5) is 21.3. The number of carboxylic acids is 2. The number of rotatable bonds is 7. The molecule has 0 radical (unpaired) electrons. The standard InChI is InChI=1S/C14H23NO.C4H4O4/c1-5-14(11(2)10-15(3)4)12-7-6-8-13(16)9-12;5-3(6)1-2-4(7)8/h6-9,11,14,16H,5,10H2,1-4H3;1-2H,(H,5,6)(H,7,8)/b;2-1-/t11-,14+;/m0./s1. The van der Waals surface area contributed by atoms with Gasteiger partial charge in [-0.2, -0.15) is 0 Å². The maximum absolute atomic E-state index is 9.55. The fourth-order valence-electron chi connectivity index (χ4n) is 2.57. The average molecular weight is 337 g/mol. The van der Waals surface area contributed by atoms with E-state index in [9.17, 15) is 14.7 Å². The first-order valence-electron chi connectivity index (χ1n) is 7.74. The number of nitrogens with zero attached hydrogens (tertiary/aromatic N) is 1. The van der Waals surface area contributed by atoms with Gasteiger partial charge in [-0.1, -0.05) is 26.0 Å². The molecule has 24 heavy (non-hydrogen) atoms. The summed E-state index contributed by atoms with van der Waals surface area (Å²) in [5.74, 6) is -1.02. The lowest BCUT2D eigenvalue weighted by Gasteiger charge is -2.26. The summed E-state index contributed by atoms with van der Waals surface area (Å²) in [5.41, 5.74) is 1.25. The van der Waals surface area contributed by atoms with E-state index >= 15 is 0 Å². The van der Waals surface area contributed by atoms with E-state index in [0.29, 0.717) is 29.7 Å². The van der Waals surface area contributed by atoms with Crippen LogP contribution >= 0.6 is 0 Å². The molecular formula is C18H27NO5. The molecule has 6 nitrogen and oxygen atoms in total. The molecule has 3 N–H and O–H groups in total. The highest BCUT2D eigenvalue weighted by atomic mass is 16.4. The normalized spacial score (nSPS) is 13.2. The molecule has 0 aliphatic heterocycles. The van der Waals surface area contributed by atoms with Gasteiger partial charge >= 0.3 is 11.9 Å². The summed E-state index contributed by atoms with van der Waals surface area (Å²) in [6, 6.07) is 7.66. The van der Waals surface area contributed by atoms with Crippen molar-refractivity contribution in [2.45, 2.75) is 26.2 Å². The zero-order valence-corrected chi connectivity index (χ0v) is 14.6. The number of benzene rings is 1. The minimum Gasteiger partial charge on any atom is -0.508 e. The van der Waals surface area contributed by atoms with Gasteiger partial charge in [-0.15, -0.1) is 0 Å². The van der Waals surface area contributed by atoms with Gasteiger partial charge in [-0.25, -0.2) is 9.59 Å². The van der Waals surface area contributed by atoms with Crippen molar-refractivity contribution in [3.8, 4) is 5.75 Å². The predicted octanol–water partition coefficient (Wildman–Crippen LogP) is 2.80. The Morgan fingerprint density at radius 1 is 1.17 bits per heavy atom. The zero-order valence-electron chi connectivity index (χ0n) is 14.6. The molecule has 0 heterocycles. The summed E-state index contributed by atoms with van der Waals surface area (Å²) in [6.07, 6.45) is 2.23. The molecule has 1 aromatic rings. The quantitative estimate of drug-likeness (QED) is 0.662. The molecule has 0 unspecified atom stereocenters. The maximum atomic E-state index is 9.55. The van der Waals surface area contributed by atoms with Crippen molar-refractivity contribution in [3.05, 3.63) is 42.0 Å². The molecule has 1 aromatic carbocycles. The van der Waals surface area contributed by atoms with Gasteiger partial charge in [0, 0.05) is 18.7 Å². The van der Waals surface area contributed by atoms with Crippen molar-refractivity contribution in [3.63, 3.8) is 0 Å². The molecule has 1 rings (SSSR count). The highest BCUT2D eigenvalue weighted by Crippen LogP contribution is 2.30. The number of aliphatic carboxylic acids is 2. The van der Waals surface area contributed by atoms with E-state index in [1.165, 1.54) is 5.56 Å². The largest absolute Gasteiger partial charge is 0.508 e. The van der Waals surface area contributed by atoms with E-state index in [4.69, 9.17) is 10.2 Å². The number of carboxylic acid groups (broad SMARTS) is 2. The van der Waals surface area contributed by atoms with Crippen LogP contribution in [0.2, 0.25) is 0 Å². The van der Waals surface area contributed by atoms with Crippen LogP contribution in [0.4, 0.5) is 0 Å². The van der Waals surface area contributed by atoms with Gasteiger partial charge in [-0.3, -0.25) is 0 Å². The van der Waals surface area contributed by atoms with Crippen molar-refractivity contribution >= 4 is 11.9 Å². The van der Waals surface area contributed by atoms with Crippen molar-refractivity contribution in [1.29, 1.82) is 0 Å². The summed E-state index contributed by atoms with van der Waals surface area (Å²) in [6.45, 7) is 5.56. The minimum atomic E-state index is -1.26. The maximum Gasteiger partial charge on any atom is 0.328 e. The smallest absolute Gasteiger partial charge is 0.328 e. The number of hydrogen-bond donors (Lipinski definition) is 3. The van der Waals surface area contributed by atoms with Crippen LogP contribution in [-0.4, -0.2) is 52.8 Å². The fraction of sp³-hybridized carbons (Fsp3) is 0.444. The van der Waals surface area contributed by atoms with Crippen LogP contribution in [0.1, 0.15) is 31.7 Å². The number of aromatic hydroxyl groups is 1. The predicted molar refractivity (Wildman–Crippen MR) is 93.3 cm³/mol. The molecule has 0 saturated carbocycles. The molecule has 2 atom stereocenters. The summed E-state index contributed by atoms with van der Waals surface area (Å²) in [5, 5.41) is 25.1. The Balaban J connectivity index is 0.000000561. The lowest BCUT2D eigenvalue weighted by molar-refractivity contribution is -0.134. The van der Waals surface area contributed by atoms with Gasteiger partial charge < -0.3 is 20.2 Å². The lowest BCUT2D eigenvalue weighted by Crippen LogP contribution is -2.24. The van der Waals surface area contributed by atoms with Crippen LogP contribution in [0.5, 0.6) is 5.75 Å². The Labute approximate surface area is 143 Å². The summed E-state index contributed by atoms with van der Waals surface area (Å²) >= 11 is 0. The number of carbonyl (C=O) groups is 2. The van der Waals surface area contributed by atoms with E-state index in [0.717, 1.165) is 13.0 Å². The van der Waals surface area contributed by atoms with Crippen molar-refractivity contribution in [2.75, 3.05) is 20.6 Å². The van der Waals surface area contributed by atoms with Crippen molar-refractivity contribution < 1.29 is 24.9 Å². The molecule has 0 spiro atoms. The third kappa shape index (κ3) is 9.63. The minimum absolute atomic E-state index is 0.369. The molecule has 0 aliphatic rings. The average Bonchev–Trinajstić information content (AvgIpc) is 2.46. The van der Waals surface area contributed by atoms with E-state index in [1.807, 2.05) is 12.1 Å². The molecule has 0 amide bonds. The first-order chi connectivity index (χ1) is 11.2. The topological polar surface area (TPSA) is 98.1 Å². The first kappa shape index (κ1) is 21.7. The highest BCUT2D eigenvalue weighted by molar-refractivity contribution is 5.89. The first-order valence-corrected chi connectivity index (χ1v) is 7.74. The molecule has 6 heteroatoms. The van der Waals surface area contributed by atoms with Crippen molar-refractivity contribution in [1.82, 2.24) is 4.90 Å². The third-order valence-corrected chi connectivity index (χ3v) is 3.45. The Morgan fingerprint density at radius 3 is 2.08 bits per heavy atom. The van der Waals surface area contributed by atoms with Crippen LogP contribution in [0.25, 0.3) is 0 Å². The summed E-state index contributed by atoms with van der Waals surface area (Å²) < 4.78 is 0. The van der Waals surface area contributed by atoms with E-state index in [1.54, 1.807) is 6.07 Å². The third-order valence-electron chi connectivity index (χ3n) is 3.45. The van der Waals surface area contributed by atoms with Gasteiger partial charge in [0.15, 0.2) is 0 Å². The molecule has 0 saturated heterocycles. The fourth-order valence-corrected chi connectivity index (χ4v) is 2.57. The highest BCUT2D eigenvalue weighted by Gasteiger charge is 2.18. The Morgan fingerprint density at radius 2 is 1.71 bits per heavy atom. The van der Waals surface area contributed by atoms with Crippen LogP contribution in [0.3, 0.4) is 0 Å². The van der Waals surface area contributed by atoms with Gasteiger partial charge in [0.25, 0.3) is 0 Å². The monoisotopic (exact) mass is 337 g/mol. The molecule has 0 fully saturated rings. The Kier molecular flexibility index (Phi) is 10.1. The molecule has 134 valence electrons. The van der Waals surface area contributed by atoms with Crippen LogP contribution < -0.4 is 0 Å². The molecule has 0 bridgehead atoms. The second-order valence-electron chi connectivity index (χ2n) is 5.86. The van der Waals surface area contributed by atoms with E-state index < -0.39 is 11.9 Å². The Bertz CT molecular complexity index is 538. The molecule has 0 aromatic heterocycles. The number of hydrogen-bond acceptors (Lipinski definition) is 4. The SMILES string of the molecule is CC[C@@H](c1cccc(O)c1)[C@@H](C)CN(C)C.O=C(O)/C=C\C(=O)O. The van der Waals surface area contributed by atoms with Gasteiger partial charge in [0.1, 0.15) is 5.75 Å². The molecular weight excluding hydrogens is 310 g/mol. The van der Waals surface area contributed by atoms with Crippen molar-refractivity contribution in [2.24, 2.45) is 5.92 Å². The Hall–Kier alpha value is -2.34. The van der Waals surface area contributed by atoms with Crippen LogP contribution in [0.15, 0.2) is 36.4 Å². The number of phenols is 1. The van der Waals surface area contributed by atoms with Gasteiger partial charge in [0.05, 0.1) is 0 Å².